The van der Waals surface area contributed by atoms with Gasteiger partial charge in [-0.15, -0.1) is 0 Å². The maximum Gasteiger partial charge on any atom is 0.312 e. The van der Waals surface area contributed by atoms with Crippen LogP contribution in [0.15, 0.2) is 82.8 Å². The third-order valence-corrected chi connectivity index (χ3v) is 4.93. The van der Waals surface area contributed by atoms with Crippen molar-refractivity contribution in [3.05, 3.63) is 89.7 Å². The van der Waals surface area contributed by atoms with Gasteiger partial charge in [-0.3, -0.25) is 9.59 Å². The van der Waals surface area contributed by atoms with E-state index in [9.17, 15) is 14.7 Å². The zero-order valence-corrected chi connectivity index (χ0v) is 17.5. The summed E-state index contributed by atoms with van der Waals surface area (Å²) < 4.78 is 10.9. The summed E-state index contributed by atoms with van der Waals surface area (Å²) in [5.41, 5.74) is 2.19. The van der Waals surface area contributed by atoms with Gasteiger partial charge in [0, 0.05) is 24.6 Å². The Hall–Kier alpha value is -3.64. The average molecular weight is 419 g/mol. The molecular weight excluding hydrogens is 394 g/mol. The highest BCUT2D eigenvalue weighted by atomic mass is 16.5. The van der Waals surface area contributed by atoms with Crippen LogP contribution in [0.1, 0.15) is 23.0 Å². The number of anilines is 1. The fraction of sp³-hybridized carbons (Fsp3) is 0.200. The lowest BCUT2D eigenvalue weighted by atomic mass is 9.97. The first-order valence-corrected chi connectivity index (χ1v) is 9.96. The molecule has 0 amide bonds. The van der Waals surface area contributed by atoms with E-state index in [-0.39, 0.29) is 18.1 Å². The van der Waals surface area contributed by atoms with Crippen LogP contribution in [0.25, 0.3) is 11.0 Å². The minimum atomic E-state index is -0.966. The molecule has 0 bridgehead atoms. The van der Waals surface area contributed by atoms with Gasteiger partial charge in [0.15, 0.2) is 5.76 Å². The normalized spacial score (nSPS) is 12.9. The Kier molecular flexibility index (Phi) is 7.40. The molecule has 0 radical (unpaired) electrons. The molecule has 2 N–H and O–H groups in total. The van der Waals surface area contributed by atoms with Crippen molar-refractivity contribution < 1.29 is 23.8 Å². The number of furan rings is 1. The summed E-state index contributed by atoms with van der Waals surface area (Å²) in [6, 6.07) is 16.1. The number of allylic oxidation sites excluding steroid dienone is 2. The molecule has 0 spiro atoms. The summed E-state index contributed by atoms with van der Waals surface area (Å²) >= 11 is 0. The lowest BCUT2D eigenvalue weighted by Gasteiger charge is -2.16. The smallest absolute Gasteiger partial charge is 0.312 e. The van der Waals surface area contributed by atoms with Crippen molar-refractivity contribution in [2.24, 2.45) is 5.92 Å². The largest absolute Gasteiger partial charge is 0.481 e. The molecule has 1 unspecified atom stereocenters. The van der Waals surface area contributed by atoms with E-state index in [1.54, 1.807) is 62.6 Å². The van der Waals surface area contributed by atoms with Crippen molar-refractivity contribution in [3.8, 4) is 0 Å². The molecule has 31 heavy (non-hydrogen) atoms. The highest BCUT2D eigenvalue weighted by Crippen LogP contribution is 2.33. The summed E-state index contributed by atoms with van der Waals surface area (Å²) in [7, 11) is 1.57. The molecule has 2 aromatic carbocycles. The van der Waals surface area contributed by atoms with Crippen LogP contribution in [0.5, 0.6) is 0 Å². The van der Waals surface area contributed by atoms with Gasteiger partial charge in [-0.25, -0.2) is 0 Å². The van der Waals surface area contributed by atoms with Crippen molar-refractivity contribution in [2.45, 2.75) is 6.92 Å². The Morgan fingerprint density at radius 3 is 2.52 bits per heavy atom. The second-order valence-electron chi connectivity index (χ2n) is 6.92. The van der Waals surface area contributed by atoms with Crippen LogP contribution in [0.4, 0.5) is 5.69 Å². The van der Waals surface area contributed by atoms with E-state index in [1.165, 1.54) is 0 Å². The van der Waals surface area contributed by atoms with E-state index in [2.05, 4.69) is 5.32 Å². The summed E-state index contributed by atoms with van der Waals surface area (Å²) in [4.78, 5) is 25.1. The van der Waals surface area contributed by atoms with Gasteiger partial charge in [-0.2, -0.15) is 0 Å². The monoisotopic (exact) mass is 419 g/mol. The quantitative estimate of drug-likeness (QED) is 0.358. The summed E-state index contributed by atoms with van der Waals surface area (Å²) in [6.07, 6.45) is 5.27. The zero-order valence-electron chi connectivity index (χ0n) is 17.5. The Morgan fingerprint density at radius 2 is 1.84 bits per heavy atom. The van der Waals surface area contributed by atoms with Gasteiger partial charge in [0.05, 0.1) is 18.2 Å². The van der Waals surface area contributed by atoms with E-state index in [4.69, 9.17) is 9.15 Å². The fourth-order valence-electron chi connectivity index (χ4n) is 3.35. The Morgan fingerprint density at radius 1 is 1.13 bits per heavy atom. The topological polar surface area (TPSA) is 88.8 Å². The van der Waals surface area contributed by atoms with Crippen LogP contribution >= 0.6 is 0 Å². The van der Waals surface area contributed by atoms with Crippen molar-refractivity contribution in [1.82, 2.24) is 0 Å². The third-order valence-electron chi connectivity index (χ3n) is 4.93. The lowest BCUT2D eigenvalue weighted by Crippen LogP contribution is -2.25. The number of ether oxygens (including phenoxy) is 1. The maximum absolute atomic E-state index is 13.1. The molecule has 3 rings (SSSR count). The van der Waals surface area contributed by atoms with Gasteiger partial charge in [0.25, 0.3) is 0 Å². The number of rotatable bonds is 10. The van der Waals surface area contributed by atoms with Crippen LogP contribution in [0.2, 0.25) is 0 Å². The molecule has 3 aromatic rings. The number of para-hydroxylation sites is 1. The number of hydrogen-bond acceptors (Lipinski definition) is 5. The molecule has 0 aliphatic rings. The number of carbonyl (C=O) groups excluding carboxylic acids is 1. The summed E-state index contributed by atoms with van der Waals surface area (Å²) in [6.45, 7) is 2.27. The SMILES string of the molecule is C/C=C(\C=C/COC)C(CNc1c(C(=O)c2ccccc2)oc2ccccc12)C(=O)O. The Balaban J connectivity index is 1.94. The number of fused-ring (bicyclic) bond motifs is 1. The fourth-order valence-corrected chi connectivity index (χ4v) is 3.35. The zero-order chi connectivity index (χ0) is 22.2. The van der Waals surface area contributed by atoms with Gasteiger partial charge in [0.2, 0.25) is 5.78 Å². The second kappa shape index (κ2) is 10.4. The number of aliphatic carboxylic acids is 1. The number of benzene rings is 2. The molecule has 6 heteroatoms. The number of ketones is 1. The lowest BCUT2D eigenvalue weighted by molar-refractivity contribution is -0.139. The highest BCUT2D eigenvalue weighted by Gasteiger charge is 2.25. The van der Waals surface area contributed by atoms with E-state index in [0.29, 0.717) is 29.0 Å². The van der Waals surface area contributed by atoms with E-state index in [0.717, 1.165) is 5.39 Å². The van der Waals surface area contributed by atoms with Crippen LogP contribution in [-0.2, 0) is 9.53 Å². The molecule has 1 aromatic heterocycles. The van der Waals surface area contributed by atoms with Crippen molar-refractivity contribution >= 4 is 28.4 Å². The minimum absolute atomic E-state index is 0.0882. The van der Waals surface area contributed by atoms with Crippen molar-refractivity contribution in [1.29, 1.82) is 0 Å². The number of carboxylic acids is 1. The molecule has 0 aliphatic carbocycles. The molecule has 0 aliphatic heterocycles. The van der Waals surface area contributed by atoms with Gasteiger partial charge < -0.3 is 19.6 Å². The predicted octanol–water partition coefficient (Wildman–Crippen LogP) is 4.93. The average Bonchev–Trinajstić information content (AvgIpc) is 3.16. The molecule has 0 saturated carbocycles. The molecule has 6 nitrogen and oxygen atoms in total. The number of nitrogens with one attached hydrogen (secondary N) is 1. The maximum atomic E-state index is 13.1. The molecule has 0 fully saturated rings. The standard InChI is InChI=1S/C25H25NO5/c1-3-17(12-9-15-30-2)20(25(28)29)16-26-22-19-13-7-8-14-21(19)31-24(22)23(27)18-10-5-4-6-11-18/h3-14,20,26H,15-16H2,1-2H3,(H,28,29)/b12-9-,17-3+. The van der Waals surface area contributed by atoms with Crippen molar-refractivity contribution in [2.75, 3.05) is 25.6 Å². The summed E-state index contributed by atoms with van der Waals surface area (Å²) in [5.74, 6) is -1.89. The van der Waals surface area contributed by atoms with Gasteiger partial charge in [-0.05, 0) is 24.6 Å². The predicted molar refractivity (Wildman–Crippen MR) is 120 cm³/mol. The molecule has 1 heterocycles. The van der Waals surface area contributed by atoms with E-state index >= 15 is 0 Å². The minimum Gasteiger partial charge on any atom is -0.481 e. The van der Waals surface area contributed by atoms with Gasteiger partial charge in [-0.1, -0.05) is 60.7 Å². The Labute approximate surface area is 180 Å². The van der Waals surface area contributed by atoms with Gasteiger partial charge in [0.1, 0.15) is 5.58 Å². The molecule has 160 valence electrons. The second-order valence-corrected chi connectivity index (χ2v) is 6.92. The molecule has 0 saturated heterocycles. The van der Waals surface area contributed by atoms with E-state index in [1.807, 2.05) is 24.3 Å². The van der Waals surface area contributed by atoms with E-state index < -0.39 is 11.9 Å². The molecule has 1 atom stereocenters. The first kappa shape index (κ1) is 22.1. The van der Waals surface area contributed by atoms with Crippen LogP contribution in [0, 0.1) is 5.92 Å². The van der Waals surface area contributed by atoms with Crippen LogP contribution < -0.4 is 5.32 Å². The summed E-state index contributed by atoms with van der Waals surface area (Å²) in [5, 5.41) is 13.7. The van der Waals surface area contributed by atoms with Crippen LogP contribution in [0.3, 0.4) is 0 Å². The third kappa shape index (κ3) is 5.10. The number of methoxy groups -OCH3 is 1. The highest BCUT2D eigenvalue weighted by molar-refractivity contribution is 6.14. The first-order chi connectivity index (χ1) is 15.1. The van der Waals surface area contributed by atoms with Crippen LogP contribution in [-0.4, -0.2) is 37.1 Å². The number of hydrogen-bond donors (Lipinski definition) is 2. The van der Waals surface area contributed by atoms with Crippen molar-refractivity contribution in [3.63, 3.8) is 0 Å². The number of carboxylic acid groups (broad SMARTS) is 1. The first-order valence-electron chi connectivity index (χ1n) is 9.96. The Bertz CT molecular complexity index is 1110. The van der Waals surface area contributed by atoms with Gasteiger partial charge >= 0.3 is 5.97 Å². The molecular formula is C25H25NO5. The number of carbonyl (C=O) groups is 2.